The number of hydrogen-bond donors (Lipinski definition) is 2. The normalized spacial score (nSPS) is 33.7. The van der Waals surface area contributed by atoms with Gasteiger partial charge in [0.25, 0.3) is 0 Å². The minimum atomic E-state index is -0.876. The van der Waals surface area contributed by atoms with E-state index < -0.39 is 12.0 Å². The quantitative estimate of drug-likeness (QED) is 0.735. The van der Waals surface area contributed by atoms with Gasteiger partial charge < -0.3 is 15.3 Å². The van der Waals surface area contributed by atoms with E-state index in [4.69, 9.17) is 5.11 Å². The zero-order valence-corrected chi connectivity index (χ0v) is 10.2. The molecule has 2 aliphatic heterocycles. The molecule has 0 radical (unpaired) electrons. The van der Waals surface area contributed by atoms with Crippen LogP contribution in [0.25, 0.3) is 0 Å². The maximum absolute atomic E-state index is 12.3. The first-order valence-electron chi connectivity index (χ1n) is 6.38. The van der Waals surface area contributed by atoms with Crippen LogP contribution in [0.5, 0.6) is 0 Å². The van der Waals surface area contributed by atoms with Crippen molar-refractivity contribution in [2.45, 2.75) is 44.7 Å². The van der Waals surface area contributed by atoms with Gasteiger partial charge in [0.05, 0.1) is 6.04 Å². The fourth-order valence-corrected chi connectivity index (χ4v) is 2.85. The molecule has 17 heavy (non-hydrogen) atoms. The van der Waals surface area contributed by atoms with Crippen molar-refractivity contribution in [3.63, 3.8) is 0 Å². The Labute approximate surface area is 101 Å². The highest BCUT2D eigenvalue weighted by Crippen LogP contribution is 2.23. The van der Waals surface area contributed by atoms with Gasteiger partial charge in [-0.1, -0.05) is 6.92 Å². The summed E-state index contributed by atoms with van der Waals surface area (Å²) in [6.07, 6.45) is 3.51. The highest BCUT2D eigenvalue weighted by Gasteiger charge is 2.39. The minimum absolute atomic E-state index is 0.0258. The Hall–Kier alpha value is -1.10. The summed E-state index contributed by atoms with van der Waals surface area (Å²) >= 11 is 0. The van der Waals surface area contributed by atoms with Gasteiger partial charge in [-0.05, 0) is 38.1 Å². The number of amides is 1. The molecule has 5 heteroatoms. The van der Waals surface area contributed by atoms with Crippen LogP contribution in [0.1, 0.15) is 32.6 Å². The number of carbonyl (C=O) groups is 2. The van der Waals surface area contributed by atoms with E-state index in [2.05, 4.69) is 12.2 Å². The molecular formula is C12H20N2O3. The molecule has 1 amide bonds. The highest BCUT2D eigenvalue weighted by molar-refractivity contribution is 5.87. The second kappa shape index (κ2) is 5.04. The fraction of sp³-hybridized carbons (Fsp3) is 0.833. The van der Waals surface area contributed by atoms with E-state index in [1.165, 1.54) is 0 Å². The predicted molar refractivity (Wildman–Crippen MR) is 62.6 cm³/mol. The molecule has 2 rings (SSSR count). The van der Waals surface area contributed by atoms with Crippen molar-refractivity contribution in [1.82, 2.24) is 10.2 Å². The van der Waals surface area contributed by atoms with E-state index in [1.807, 2.05) is 0 Å². The van der Waals surface area contributed by atoms with Crippen molar-refractivity contribution < 1.29 is 14.7 Å². The van der Waals surface area contributed by atoms with Crippen LogP contribution in [0.4, 0.5) is 0 Å². The summed E-state index contributed by atoms with van der Waals surface area (Å²) in [5.74, 6) is -0.604. The van der Waals surface area contributed by atoms with Crippen molar-refractivity contribution >= 4 is 11.9 Å². The van der Waals surface area contributed by atoms with Gasteiger partial charge in [0.2, 0.25) is 5.91 Å². The van der Waals surface area contributed by atoms with Crippen molar-refractivity contribution in [2.24, 2.45) is 5.92 Å². The lowest BCUT2D eigenvalue weighted by Gasteiger charge is -2.33. The Bertz CT molecular complexity index is 319. The molecule has 2 fully saturated rings. The SMILES string of the molecule is CC1CCCNC1C(=O)N1CCCC1C(=O)O. The zero-order chi connectivity index (χ0) is 12.4. The molecule has 0 aliphatic carbocycles. The second-order valence-electron chi connectivity index (χ2n) is 5.08. The Balaban J connectivity index is 2.05. The minimum Gasteiger partial charge on any atom is -0.480 e. The highest BCUT2D eigenvalue weighted by atomic mass is 16.4. The van der Waals surface area contributed by atoms with Crippen LogP contribution >= 0.6 is 0 Å². The van der Waals surface area contributed by atoms with E-state index in [9.17, 15) is 9.59 Å². The third-order valence-corrected chi connectivity index (χ3v) is 3.86. The molecule has 2 saturated heterocycles. The first-order valence-corrected chi connectivity index (χ1v) is 6.38. The van der Waals surface area contributed by atoms with Crippen LogP contribution in [0.2, 0.25) is 0 Å². The van der Waals surface area contributed by atoms with E-state index >= 15 is 0 Å². The maximum Gasteiger partial charge on any atom is 0.326 e. The number of hydrogen-bond acceptors (Lipinski definition) is 3. The molecule has 0 spiro atoms. The molecule has 0 aromatic carbocycles. The van der Waals surface area contributed by atoms with Gasteiger partial charge in [-0.3, -0.25) is 4.79 Å². The Kier molecular flexibility index (Phi) is 3.66. The van der Waals surface area contributed by atoms with Gasteiger partial charge in [0.15, 0.2) is 0 Å². The van der Waals surface area contributed by atoms with Gasteiger partial charge in [-0.25, -0.2) is 4.79 Å². The van der Waals surface area contributed by atoms with Crippen molar-refractivity contribution in [2.75, 3.05) is 13.1 Å². The number of carboxylic acids is 1. The molecule has 2 N–H and O–H groups in total. The van der Waals surface area contributed by atoms with E-state index in [-0.39, 0.29) is 11.9 Å². The lowest BCUT2D eigenvalue weighted by Crippen LogP contribution is -2.54. The summed E-state index contributed by atoms with van der Waals surface area (Å²) in [5.41, 5.74) is 0. The van der Waals surface area contributed by atoms with E-state index in [1.54, 1.807) is 4.90 Å². The van der Waals surface area contributed by atoms with Crippen LogP contribution in [0.15, 0.2) is 0 Å². The number of rotatable bonds is 2. The summed E-state index contributed by atoms with van der Waals surface area (Å²) in [7, 11) is 0. The molecule has 0 saturated carbocycles. The number of aliphatic carboxylic acids is 1. The van der Waals surface area contributed by atoms with Gasteiger partial charge in [-0.15, -0.1) is 0 Å². The monoisotopic (exact) mass is 240 g/mol. The third kappa shape index (κ3) is 2.44. The van der Waals surface area contributed by atoms with Crippen LogP contribution in [0, 0.1) is 5.92 Å². The van der Waals surface area contributed by atoms with Crippen LogP contribution in [0.3, 0.4) is 0 Å². The molecular weight excluding hydrogens is 220 g/mol. The van der Waals surface area contributed by atoms with Gasteiger partial charge in [0.1, 0.15) is 6.04 Å². The van der Waals surface area contributed by atoms with Crippen molar-refractivity contribution in [1.29, 1.82) is 0 Å². The molecule has 0 bridgehead atoms. The zero-order valence-electron chi connectivity index (χ0n) is 10.2. The van der Waals surface area contributed by atoms with Crippen molar-refractivity contribution in [3.8, 4) is 0 Å². The van der Waals surface area contributed by atoms with Gasteiger partial charge in [0, 0.05) is 6.54 Å². The second-order valence-corrected chi connectivity index (χ2v) is 5.08. The summed E-state index contributed by atoms with van der Waals surface area (Å²) in [4.78, 5) is 24.9. The smallest absolute Gasteiger partial charge is 0.326 e. The summed E-state index contributed by atoms with van der Waals surface area (Å²) in [5, 5.41) is 12.3. The molecule has 0 aromatic rings. The maximum atomic E-state index is 12.3. The Morgan fingerprint density at radius 3 is 2.71 bits per heavy atom. The molecule has 0 aromatic heterocycles. The van der Waals surface area contributed by atoms with Crippen LogP contribution < -0.4 is 5.32 Å². The lowest BCUT2D eigenvalue weighted by molar-refractivity contribution is -0.149. The predicted octanol–water partition coefficient (Wildman–Crippen LogP) is 0.450. The number of nitrogens with one attached hydrogen (secondary N) is 1. The molecule has 2 heterocycles. The Morgan fingerprint density at radius 2 is 2.06 bits per heavy atom. The van der Waals surface area contributed by atoms with E-state index in [0.29, 0.717) is 18.9 Å². The van der Waals surface area contributed by atoms with Crippen molar-refractivity contribution in [3.05, 3.63) is 0 Å². The molecule has 5 nitrogen and oxygen atoms in total. The first-order chi connectivity index (χ1) is 8.11. The van der Waals surface area contributed by atoms with Crippen LogP contribution in [-0.2, 0) is 9.59 Å². The number of likely N-dealkylation sites (tertiary alicyclic amines) is 1. The average molecular weight is 240 g/mol. The molecule has 3 unspecified atom stereocenters. The van der Waals surface area contributed by atoms with Crippen LogP contribution in [-0.4, -0.2) is 47.1 Å². The van der Waals surface area contributed by atoms with Gasteiger partial charge >= 0.3 is 5.97 Å². The summed E-state index contributed by atoms with van der Waals surface area (Å²) in [6, 6.07) is -0.804. The van der Waals surface area contributed by atoms with E-state index in [0.717, 1.165) is 25.8 Å². The third-order valence-electron chi connectivity index (χ3n) is 3.86. The Morgan fingerprint density at radius 1 is 1.29 bits per heavy atom. The average Bonchev–Trinajstić information content (AvgIpc) is 2.77. The molecule has 96 valence electrons. The summed E-state index contributed by atoms with van der Waals surface area (Å²) < 4.78 is 0. The number of piperidine rings is 1. The first kappa shape index (κ1) is 12.4. The number of carbonyl (C=O) groups excluding carboxylic acids is 1. The standard InChI is InChI=1S/C12H20N2O3/c1-8-4-2-6-13-10(8)11(15)14-7-3-5-9(14)12(16)17/h8-10,13H,2-7H2,1H3,(H,16,17). The fourth-order valence-electron chi connectivity index (χ4n) is 2.85. The molecule has 3 atom stereocenters. The molecule has 2 aliphatic rings. The topological polar surface area (TPSA) is 69.6 Å². The lowest BCUT2D eigenvalue weighted by atomic mass is 9.91. The van der Waals surface area contributed by atoms with Gasteiger partial charge in [-0.2, -0.15) is 0 Å². The number of carboxylic acid groups (broad SMARTS) is 1. The number of nitrogens with zero attached hydrogens (tertiary/aromatic N) is 1. The summed E-state index contributed by atoms with van der Waals surface area (Å²) in [6.45, 7) is 3.49. The largest absolute Gasteiger partial charge is 0.480 e.